The van der Waals surface area contributed by atoms with Crippen LogP contribution in [0, 0.1) is 0 Å². The number of hydrogen-bond donors (Lipinski definition) is 1. The van der Waals surface area contributed by atoms with E-state index >= 15 is 0 Å². The number of aromatic nitrogens is 2. The number of carbonyl (C=O) groups is 1. The Balaban J connectivity index is 1.67. The van der Waals surface area contributed by atoms with E-state index in [9.17, 15) is 13.2 Å². The van der Waals surface area contributed by atoms with Crippen LogP contribution in [0.1, 0.15) is 19.8 Å². The predicted octanol–water partition coefficient (Wildman–Crippen LogP) is 6.12. The van der Waals surface area contributed by atoms with E-state index in [1.54, 1.807) is 24.4 Å². The van der Waals surface area contributed by atoms with Crippen LogP contribution in [-0.4, -0.2) is 69.6 Å². The largest absolute Gasteiger partial charge is 0.464 e. The van der Waals surface area contributed by atoms with Gasteiger partial charge in [-0.3, -0.25) is 9.10 Å². The fourth-order valence-corrected chi connectivity index (χ4v) is 6.27. The van der Waals surface area contributed by atoms with Crippen molar-refractivity contribution >= 4 is 61.5 Å². The average Bonchev–Trinajstić information content (AvgIpc) is 2.95. The van der Waals surface area contributed by atoms with Gasteiger partial charge in [-0.25, -0.2) is 18.4 Å². The maximum absolute atomic E-state index is 13.8. The van der Waals surface area contributed by atoms with Crippen molar-refractivity contribution in [3.63, 3.8) is 0 Å². The molecule has 42 heavy (non-hydrogen) atoms. The van der Waals surface area contributed by atoms with Crippen LogP contribution >= 0.6 is 23.2 Å². The number of nitrogens with one attached hydrogen (secondary N) is 1. The Morgan fingerprint density at radius 3 is 2.40 bits per heavy atom. The molecule has 0 atom stereocenters. The zero-order valence-corrected chi connectivity index (χ0v) is 26.0. The first-order valence-corrected chi connectivity index (χ1v) is 15.7. The van der Waals surface area contributed by atoms with E-state index in [2.05, 4.69) is 20.2 Å². The molecule has 0 bridgehead atoms. The maximum atomic E-state index is 13.8. The monoisotopic (exact) mass is 629 g/mol. The maximum Gasteiger partial charge on any atom is 0.326 e. The van der Waals surface area contributed by atoms with Gasteiger partial charge in [-0.15, -0.1) is 0 Å². The molecule has 222 valence electrons. The number of fused-ring (bicyclic) bond motifs is 1. The van der Waals surface area contributed by atoms with Gasteiger partial charge in [0.2, 0.25) is 0 Å². The summed E-state index contributed by atoms with van der Waals surface area (Å²) in [6, 6.07) is 16.7. The first-order valence-electron chi connectivity index (χ1n) is 13.5. The van der Waals surface area contributed by atoms with E-state index < -0.39 is 22.5 Å². The quantitative estimate of drug-likeness (QED) is 0.139. The lowest BCUT2D eigenvalue weighted by atomic mass is 10.1. The summed E-state index contributed by atoms with van der Waals surface area (Å²) < 4.78 is 33.9. The van der Waals surface area contributed by atoms with Gasteiger partial charge in [-0.05, 0) is 73.8 Å². The molecule has 4 rings (SSSR count). The molecule has 3 aromatic carbocycles. The number of sulfonamides is 1. The molecule has 0 fully saturated rings. The molecule has 0 saturated carbocycles. The van der Waals surface area contributed by atoms with Crippen LogP contribution < -0.4 is 9.62 Å². The molecular weight excluding hydrogens is 597 g/mol. The fraction of sp³-hybridized carbons (Fsp3) is 0.300. The Hall–Kier alpha value is -3.44. The van der Waals surface area contributed by atoms with Gasteiger partial charge in [-0.1, -0.05) is 54.7 Å². The molecule has 1 heterocycles. The zero-order chi connectivity index (χ0) is 30.3. The van der Waals surface area contributed by atoms with E-state index in [-0.39, 0.29) is 21.5 Å². The van der Waals surface area contributed by atoms with Crippen molar-refractivity contribution in [2.75, 3.05) is 50.0 Å². The van der Waals surface area contributed by atoms with Gasteiger partial charge >= 0.3 is 5.97 Å². The zero-order valence-electron chi connectivity index (χ0n) is 23.7. The van der Waals surface area contributed by atoms with Crippen LogP contribution in [0.15, 0.2) is 71.8 Å². The number of unbranched alkanes of at least 4 members (excludes halogenated alkanes) is 1. The normalized spacial score (nSPS) is 11.6. The molecule has 1 N–H and O–H groups in total. The molecule has 1 aromatic heterocycles. The highest BCUT2D eigenvalue weighted by atomic mass is 35.5. The molecular formula is C30H33Cl2N5O4S. The molecule has 4 aromatic rings. The van der Waals surface area contributed by atoms with Gasteiger partial charge in [0, 0.05) is 34.9 Å². The minimum Gasteiger partial charge on any atom is -0.464 e. The number of likely N-dealkylation sites (N-methyl/N-ethyl adjacent to an activating group) is 1. The van der Waals surface area contributed by atoms with Crippen LogP contribution in [0.5, 0.6) is 0 Å². The van der Waals surface area contributed by atoms with Crippen molar-refractivity contribution in [2.24, 2.45) is 0 Å². The van der Waals surface area contributed by atoms with E-state index in [0.717, 1.165) is 46.0 Å². The molecule has 0 saturated heterocycles. The molecule has 12 heteroatoms. The molecule has 0 spiro atoms. The second-order valence-electron chi connectivity index (χ2n) is 9.93. The summed E-state index contributed by atoms with van der Waals surface area (Å²) in [6.45, 7) is 3.28. The van der Waals surface area contributed by atoms with Gasteiger partial charge in [0.25, 0.3) is 10.0 Å². The SMILES string of the molecule is CCCCOC(=O)CN(c1ccc2cc(-c3nccc(NCCN(C)C)n3)ccc2c1)S(=O)(=O)c1cc(Cl)cc(Cl)c1. The summed E-state index contributed by atoms with van der Waals surface area (Å²) in [6.07, 6.45) is 3.22. The molecule has 0 aliphatic rings. The first-order chi connectivity index (χ1) is 20.1. The standard InChI is InChI=1S/C30H33Cl2N5O4S/c1-4-5-14-41-29(38)20-37(42(39,40)27-18-24(31)17-25(32)19-27)26-9-8-21-15-23(7-6-22(21)16-26)30-34-11-10-28(35-30)33-12-13-36(2)3/h6-11,15-19H,4-5,12-14,20H2,1-3H3,(H,33,34,35). The van der Waals surface area contributed by atoms with Crippen LogP contribution in [0.2, 0.25) is 10.0 Å². The molecule has 0 aliphatic carbocycles. The van der Waals surface area contributed by atoms with E-state index in [1.807, 2.05) is 45.3 Å². The van der Waals surface area contributed by atoms with Crippen LogP contribution in [0.25, 0.3) is 22.2 Å². The number of esters is 1. The van der Waals surface area contributed by atoms with Gasteiger partial charge in [0.15, 0.2) is 5.82 Å². The van der Waals surface area contributed by atoms with Crippen LogP contribution in [0.4, 0.5) is 11.5 Å². The second kappa shape index (κ2) is 14.2. The van der Waals surface area contributed by atoms with Crippen molar-refractivity contribution in [3.8, 4) is 11.4 Å². The third-order valence-electron chi connectivity index (χ3n) is 6.35. The summed E-state index contributed by atoms with van der Waals surface area (Å²) in [7, 11) is -0.212. The number of halogens is 2. The van der Waals surface area contributed by atoms with Crippen LogP contribution in [-0.2, 0) is 19.6 Å². The topological polar surface area (TPSA) is 105 Å². The lowest BCUT2D eigenvalue weighted by Crippen LogP contribution is -2.36. The third-order valence-corrected chi connectivity index (χ3v) is 8.54. The first kappa shape index (κ1) is 31.5. The highest BCUT2D eigenvalue weighted by Gasteiger charge is 2.29. The van der Waals surface area contributed by atoms with Crippen molar-refractivity contribution in [1.29, 1.82) is 0 Å². The lowest BCUT2D eigenvalue weighted by Gasteiger charge is -2.24. The summed E-state index contributed by atoms with van der Waals surface area (Å²) in [5, 5.41) is 5.24. The summed E-state index contributed by atoms with van der Waals surface area (Å²) in [5.41, 5.74) is 1.10. The Morgan fingerprint density at radius 1 is 0.976 bits per heavy atom. The second-order valence-corrected chi connectivity index (χ2v) is 12.7. The Kier molecular flexibility index (Phi) is 10.6. The number of hydrogen-bond acceptors (Lipinski definition) is 8. The average molecular weight is 631 g/mol. The third kappa shape index (κ3) is 8.10. The van der Waals surface area contributed by atoms with E-state index in [4.69, 9.17) is 27.9 Å². The van der Waals surface area contributed by atoms with Crippen molar-refractivity contribution < 1.29 is 17.9 Å². The molecule has 9 nitrogen and oxygen atoms in total. The molecule has 0 aliphatic heterocycles. The minimum atomic E-state index is -4.23. The summed E-state index contributed by atoms with van der Waals surface area (Å²) >= 11 is 12.2. The van der Waals surface area contributed by atoms with Gasteiger partial charge in [-0.2, -0.15) is 0 Å². The molecule has 0 unspecified atom stereocenters. The highest BCUT2D eigenvalue weighted by Crippen LogP contribution is 2.31. The molecule has 0 amide bonds. The predicted molar refractivity (Wildman–Crippen MR) is 169 cm³/mol. The van der Waals surface area contributed by atoms with Gasteiger partial charge in [0.1, 0.15) is 12.4 Å². The number of benzene rings is 3. The van der Waals surface area contributed by atoms with Crippen molar-refractivity contribution in [2.45, 2.75) is 24.7 Å². The Bertz CT molecular complexity index is 1650. The Labute approximate surface area is 256 Å². The summed E-state index contributed by atoms with van der Waals surface area (Å²) in [4.78, 5) is 23.7. The number of nitrogens with zero attached hydrogens (tertiary/aromatic N) is 4. The Morgan fingerprint density at radius 2 is 1.69 bits per heavy atom. The van der Waals surface area contributed by atoms with Gasteiger partial charge in [0.05, 0.1) is 17.2 Å². The van der Waals surface area contributed by atoms with Crippen molar-refractivity contribution in [1.82, 2.24) is 14.9 Å². The minimum absolute atomic E-state index is 0.131. The van der Waals surface area contributed by atoms with E-state index in [1.165, 1.54) is 18.2 Å². The lowest BCUT2D eigenvalue weighted by molar-refractivity contribution is -0.141. The smallest absolute Gasteiger partial charge is 0.326 e. The van der Waals surface area contributed by atoms with Crippen LogP contribution in [0.3, 0.4) is 0 Å². The molecule has 0 radical (unpaired) electrons. The van der Waals surface area contributed by atoms with Gasteiger partial charge < -0.3 is 15.0 Å². The number of carbonyl (C=O) groups excluding carboxylic acids is 1. The number of anilines is 2. The number of rotatable bonds is 13. The van der Waals surface area contributed by atoms with E-state index in [0.29, 0.717) is 17.9 Å². The highest BCUT2D eigenvalue weighted by molar-refractivity contribution is 7.92. The number of ether oxygens (including phenoxy) is 1. The fourth-order valence-electron chi connectivity index (χ4n) is 4.14. The summed E-state index contributed by atoms with van der Waals surface area (Å²) in [5.74, 6) is 0.629. The van der Waals surface area contributed by atoms with Crippen molar-refractivity contribution in [3.05, 3.63) is 76.9 Å².